The Balaban J connectivity index is 1.71. The van der Waals surface area contributed by atoms with Crippen LogP contribution in [0.4, 0.5) is 0 Å². The van der Waals surface area contributed by atoms with Gasteiger partial charge in [-0.05, 0) is 81.5 Å². The maximum atomic E-state index is 12.6. The maximum Gasteiger partial charge on any atom is 0.162 e. The zero-order valence-corrected chi connectivity index (χ0v) is 20.0. The van der Waals surface area contributed by atoms with Gasteiger partial charge >= 0.3 is 0 Å². The van der Waals surface area contributed by atoms with E-state index in [2.05, 4.69) is 24.0 Å². The average Bonchev–Trinajstić information content (AvgIpc) is 3.24. The summed E-state index contributed by atoms with van der Waals surface area (Å²) in [5.41, 5.74) is 7.03. The van der Waals surface area contributed by atoms with E-state index in [9.17, 15) is 4.79 Å². The van der Waals surface area contributed by atoms with E-state index < -0.39 is 0 Å². The third-order valence-corrected chi connectivity index (χ3v) is 6.02. The smallest absolute Gasteiger partial charge is 0.162 e. The zero-order chi connectivity index (χ0) is 23.4. The summed E-state index contributed by atoms with van der Waals surface area (Å²) in [7, 11) is 4.04. The fourth-order valence-corrected chi connectivity index (χ4v) is 4.10. The number of nitrogens with zero attached hydrogens (tertiary/aromatic N) is 3. The van der Waals surface area contributed by atoms with Crippen LogP contribution in [0, 0.1) is 6.92 Å². The van der Waals surface area contributed by atoms with Crippen molar-refractivity contribution in [1.29, 1.82) is 0 Å². The van der Waals surface area contributed by atoms with Crippen molar-refractivity contribution in [3.8, 4) is 28.1 Å². The van der Waals surface area contributed by atoms with E-state index in [1.165, 1.54) is 5.56 Å². The molecule has 0 saturated heterocycles. The first-order chi connectivity index (χ1) is 15.9. The van der Waals surface area contributed by atoms with Crippen molar-refractivity contribution < 1.29 is 4.79 Å². The number of hydrogen-bond donors (Lipinski definition) is 0. The molecule has 0 amide bonds. The molecule has 33 heavy (non-hydrogen) atoms. The van der Waals surface area contributed by atoms with Crippen molar-refractivity contribution >= 4 is 17.4 Å². The topological polar surface area (TPSA) is 38.1 Å². The first kappa shape index (κ1) is 23.0. The van der Waals surface area contributed by atoms with E-state index in [0.717, 1.165) is 46.6 Å². The Kier molecular flexibility index (Phi) is 7.07. The number of aryl methyl sites for hydroxylation is 1. The summed E-state index contributed by atoms with van der Waals surface area (Å²) in [6, 6.07) is 23.9. The molecule has 0 aliphatic carbocycles. The van der Waals surface area contributed by atoms with Crippen LogP contribution in [0.3, 0.4) is 0 Å². The molecule has 3 aromatic carbocycles. The second-order valence-corrected chi connectivity index (χ2v) is 8.95. The zero-order valence-electron chi connectivity index (χ0n) is 19.3. The first-order valence-electron chi connectivity index (χ1n) is 11.1. The molecule has 5 heteroatoms. The summed E-state index contributed by atoms with van der Waals surface area (Å²) in [6.07, 6.45) is 3.30. The van der Waals surface area contributed by atoms with Crippen molar-refractivity contribution in [3.63, 3.8) is 0 Å². The fourth-order valence-electron chi connectivity index (χ4n) is 3.97. The normalized spacial score (nSPS) is 11.2. The highest BCUT2D eigenvalue weighted by atomic mass is 35.5. The number of carbonyl (C=O) groups is 1. The number of benzene rings is 3. The van der Waals surface area contributed by atoms with Gasteiger partial charge in [0.1, 0.15) is 0 Å². The van der Waals surface area contributed by atoms with Gasteiger partial charge in [-0.1, -0.05) is 48.0 Å². The van der Waals surface area contributed by atoms with Crippen LogP contribution in [0.25, 0.3) is 28.1 Å². The van der Waals surface area contributed by atoms with Crippen LogP contribution in [-0.4, -0.2) is 41.1 Å². The van der Waals surface area contributed by atoms with Crippen molar-refractivity contribution in [3.05, 3.63) is 95.1 Å². The van der Waals surface area contributed by atoms with E-state index in [0.29, 0.717) is 11.4 Å². The third-order valence-electron chi connectivity index (χ3n) is 5.77. The summed E-state index contributed by atoms with van der Waals surface area (Å²) in [5.74, 6) is 0.171. The minimum Gasteiger partial charge on any atom is -0.309 e. The summed E-state index contributed by atoms with van der Waals surface area (Å²) in [5, 5.41) is 5.44. The number of carbonyl (C=O) groups excluding carboxylic acids is 1. The van der Waals surface area contributed by atoms with Gasteiger partial charge in [0.15, 0.2) is 5.78 Å². The first-order valence-corrected chi connectivity index (χ1v) is 11.5. The molecular weight excluding hydrogens is 430 g/mol. The SMILES string of the molecule is Cc1ccccc1-c1c(-c2ccc(Cl)cc2)cnn1-c1ccc(C(=O)CCCN(C)C)cc1. The van der Waals surface area contributed by atoms with E-state index >= 15 is 0 Å². The van der Waals surface area contributed by atoms with E-state index in [1.807, 2.05) is 85.6 Å². The number of ketones is 1. The van der Waals surface area contributed by atoms with Crippen LogP contribution in [0.2, 0.25) is 5.02 Å². The standard InChI is InChI=1S/C28H28ClN3O/c1-20-7-4-5-8-25(20)28-26(21-10-14-23(29)15-11-21)19-30-32(28)24-16-12-22(13-17-24)27(33)9-6-18-31(2)3/h4-5,7-8,10-17,19H,6,9,18H2,1-3H3. The Hall–Kier alpha value is -3.21. The van der Waals surface area contributed by atoms with Crippen LogP contribution >= 0.6 is 11.6 Å². The molecule has 4 rings (SSSR count). The van der Waals surface area contributed by atoms with Crippen molar-refractivity contribution in [2.24, 2.45) is 0 Å². The molecule has 4 aromatic rings. The summed E-state index contributed by atoms with van der Waals surface area (Å²) in [4.78, 5) is 14.7. The van der Waals surface area contributed by atoms with Gasteiger partial charge in [-0.25, -0.2) is 4.68 Å². The molecule has 168 valence electrons. The van der Waals surface area contributed by atoms with Gasteiger partial charge in [0.25, 0.3) is 0 Å². The van der Waals surface area contributed by atoms with Crippen molar-refractivity contribution in [2.45, 2.75) is 19.8 Å². The Morgan fingerprint density at radius 3 is 2.30 bits per heavy atom. The number of halogens is 1. The lowest BCUT2D eigenvalue weighted by atomic mass is 9.98. The molecule has 0 spiro atoms. The summed E-state index contributed by atoms with van der Waals surface area (Å²) in [6.45, 7) is 3.01. The number of aromatic nitrogens is 2. The number of hydrogen-bond acceptors (Lipinski definition) is 3. The lowest BCUT2D eigenvalue weighted by Crippen LogP contribution is -2.14. The number of Topliss-reactive ketones (excluding diaryl/α,β-unsaturated/α-hetero) is 1. The Labute approximate surface area is 200 Å². The molecule has 0 saturated carbocycles. The van der Waals surface area contributed by atoms with Crippen LogP contribution in [0.1, 0.15) is 28.8 Å². The van der Waals surface area contributed by atoms with Gasteiger partial charge in [0.2, 0.25) is 0 Å². The van der Waals surface area contributed by atoms with Crippen molar-refractivity contribution in [1.82, 2.24) is 14.7 Å². The Morgan fingerprint density at radius 2 is 1.64 bits per heavy atom. The average molecular weight is 458 g/mol. The molecule has 0 radical (unpaired) electrons. The van der Waals surface area contributed by atoms with Gasteiger partial charge in [0.05, 0.1) is 17.6 Å². The molecule has 1 heterocycles. The predicted octanol–water partition coefficient (Wildman–Crippen LogP) is 6.69. The Morgan fingerprint density at radius 1 is 0.939 bits per heavy atom. The van der Waals surface area contributed by atoms with E-state index in [-0.39, 0.29) is 5.78 Å². The Bertz CT molecular complexity index is 1240. The molecule has 0 bridgehead atoms. The lowest BCUT2D eigenvalue weighted by molar-refractivity contribution is 0.0977. The second kappa shape index (κ2) is 10.2. The van der Waals surface area contributed by atoms with E-state index in [4.69, 9.17) is 16.7 Å². The fraction of sp³-hybridized carbons (Fsp3) is 0.214. The largest absolute Gasteiger partial charge is 0.309 e. The van der Waals surface area contributed by atoms with Gasteiger partial charge in [-0.15, -0.1) is 0 Å². The quantitative estimate of drug-likeness (QED) is 0.276. The number of rotatable bonds is 8. The van der Waals surface area contributed by atoms with Gasteiger partial charge in [-0.2, -0.15) is 5.10 Å². The highest BCUT2D eigenvalue weighted by molar-refractivity contribution is 6.30. The van der Waals surface area contributed by atoms with Crippen LogP contribution in [0.15, 0.2) is 79.0 Å². The molecule has 0 fully saturated rings. The summed E-state index contributed by atoms with van der Waals surface area (Å²) >= 11 is 6.12. The van der Waals surface area contributed by atoms with Gasteiger partial charge < -0.3 is 4.90 Å². The minimum absolute atomic E-state index is 0.171. The monoisotopic (exact) mass is 457 g/mol. The van der Waals surface area contributed by atoms with Crippen LogP contribution < -0.4 is 0 Å². The van der Waals surface area contributed by atoms with E-state index in [1.54, 1.807) is 0 Å². The maximum absolute atomic E-state index is 12.6. The van der Waals surface area contributed by atoms with Crippen LogP contribution in [0.5, 0.6) is 0 Å². The molecule has 0 aliphatic heterocycles. The minimum atomic E-state index is 0.171. The van der Waals surface area contributed by atoms with Gasteiger partial charge in [0, 0.05) is 28.1 Å². The molecule has 0 aliphatic rings. The van der Waals surface area contributed by atoms with Gasteiger partial charge in [-0.3, -0.25) is 4.79 Å². The third kappa shape index (κ3) is 5.24. The highest BCUT2D eigenvalue weighted by Crippen LogP contribution is 2.36. The lowest BCUT2D eigenvalue weighted by Gasteiger charge is -2.13. The molecule has 1 aromatic heterocycles. The molecule has 4 nitrogen and oxygen atoms in total. The van der Waals surface area contributed by atoms with Crippen molar-refractivity contribution in [2.75, 3.05) is 20.6 Å². The molecule has 0 atom stereocenters. The van der Waals surface area contributed by atoms with Crippen LogP contribution in [-0.2, 0) is 0 Å². The second-order valence-electron chi connectivity index (χ2n) is 8.52. The summed E-state index contributed by atoms with van der Waals surface area (Å²) < 4.78 is 1.95. The molecular formula is C28H28ClN3O. The highest BCUT2D eigenvalue weighted by Gasteiger charge is 2.18. The molecule has 0 unspecified atom stereocenters. The predicted molar refractivity (Wildman–Crippen MR) is 136 cm³/mol. The molecule has 0 N–H and O–H groups in total.